The van der Waals surface area contributed by atoms with E-state index in [4.69, 9.17) is 0 Å². The maximum Gasteiger partial charge on any atom is -0.0149 e. The molecule has 3 aromatic carbocycles. The Balaban J connectivity index is 2.07. The van der Waals surface area contributed by atoms with Crippen molar-refractivity contribution in [3.63, 3.8) is 0 Å². The molecule has 21 heavy (non-hydrogen) atoms. The molecular formula is C21H20. The molecule has 0 heterocycles. The van der Waals surface area contributed by atoms with Crippen molar-refractivity contribution >= 4 is 0 Å². The maximum atomic E-state index is 2.30. The van der Waals surface area contributed by atoms with E-state index in [2.05, 4.69) is 87.5 Å². The summed E-state index contributed by atoms with van der Waals surface area (Å²) in [7, 11) is 0. The van der Waals surface area contributed by atoms with E-state index in [9.17, 15) is 0 Å². The number of hydrogen-bond donors (Lipinski definition) is 0. The molecule has 0 aliphatic heterocycles. The van der Waals surface area contributed by atoms with Crippen LogP contribution in [0.1, 0.15) is 16.7 Å². The quantitative estimate of drug-likeness (QED) is 0.541. The number of benzene rings is 3. The lowest BCUT2D eigenvalue weighted by molar-refractivity contribution is 1.42. The molecule has 0 saturated heterocycles. The molecule has 0 nitrogen and oxygen atoms in total. The predicted molar refractivity (Wildman–Crippen MR) is 91.5 cm³/mol. The second kappa shape index (κ2) is 5.57. The summed E-state index contributed by atoms with van der Waals surface area (Å²) in [4.78, 5) is 0. The largest absolute Gasteiger partial charge is 0.0587 e. The smallest absolute Gasteiger partial charge is 0.0149 e. The van der Waals surface area contributed by atoms with Gasteiger partial charge < -0.3 is 0 Å². The van der Waals surface area contributed by atoms with Crippen LogP contribution in [-0.2, 0) is 0 Å². The zero-order valence-corrected chi connectivity index (χ0v) is 12.9. The van der Waals surface area contributed by atoms with Gasteiger partial charge in [-0.3, -0.25) is 0 Å². The number of rotatable bonds is 2. The average molecular weight is 272 g/mol. The lowest BCUT2D eigenvalue weighted by Crippen LogP contribution is -1.86. The van der Waals surface area contributed by atoms with Crippen molar-refractivity contribution < 1.29 is 0 Å². The van der Waals surface area contributed by atoms with Gasteiger partial charge in [-0.1, -0.05) is 71.8 Å². The van der Waals surface area contributed by atoms with E-state index in [0.29, 0.717) is 0 Å². The first-order valence-corrected chi connectivity index (χ1v) is 7.38. The molecule has 0 bridgehead atoms. The lowest BCUT2D eigenvalue weighted by atomic mass is 9.94. The molecule has 0 radical (unpaired) electrons. The Bertz CT molecular complexity index is 747. The van der Waals surface area contributed by atoms with Crippen molar-refractivity contribution in [3.05, 3.63) is 83.4 Å². The van der Waals surface area contributed by atoms with E-state index in [1.807, 2.05) is 0 Å². The molecule has 0 unspecified atom stereocenters. The highest BCUT2D eigenvalue weighted by Gasteiger charge is 2.05. The van der Waals surface area contributed by atoms with Gasteiger partial charge in [0.25, 0.3) is 0 Å². The molecule has 0 saturated carbocycles. The third-order valence-electron chi connectivity index (χ3n) is 3.99. The number of hydrogen-bond acceptors (Lipinski definition) is 0. The van der Waals surface area contributed by atoms with E-state index in [-0.39, 0.29) is 0 Å². The summed E-state index contributed by atoms with van der Waals surface area (Å²) >= 11 is 0. The van der Waals surface area contributed by atoms with Crippen molar-refractivity contribution in [1.82, 2.24) is 0 Å². The Morgan fingerprint density at radius 1 is 0.476 bits per heavy atom. The van der Waals surface area contributed by atoms with Gasteiger partial charge in [-0.25, -0.2) is 0 Å². The molecule has 0 N–H and O–H groups in total. The fourth-order valence-corrected chi connectivity index (χ4v) is 2.59. The molecule has 104 valence electrons. The monoisotopic (exact) mass is 272 g/mol. The zero-order valence-electron chi connectivity index (χ0n) is 12.9. The van der Waals surface area contributed by atoms with Gasteiger partial charge in [-0.05, 0) is 54.7 Å². The standard InChI is InChI=1S/C21H20/c1-15-4-9-18(10-5-15)20-13-8-17(3)21(14-20)19-11-6-16(2)7-12-19/h4-14H,1-3H3. The van der Waals surface area contributed by atoms with Crippen LogP contribution in [0.4, 0.5) is 0 Å². The van der Waals surface area contributed by atoms with Crippen molar-refractivity contribution in [2.24, 2.45) is 0 Å². The first kappa shape index (κ1) is 13.6. The molecule has 0 aliphatic rings. The Morgan fingerprint density at radius 3 is 1.52 bits per heavy atom. The minimum atomic E-state index is 1.27. The lowest BCUT2D eigenvalue weighted by Gasteiger charge is -2.10. The van der Waals surface area contributed by atoms with Crippen LogP contribution in [0.15, 0.2) is 66.7 Å². The Hall–Kier alpha value is -2.34. The summed E-state index contributed by atoms with van der Waals surface area (Å²) in [5, 5.41) is 0. The average Bonchev–Trinajstić information content (AvgIpc) is 2.50. The van der Waals surface area contributed by atoms with Crippen LogP contribution in [-0.4, -0.2) is 0 Å². The van der Waals surface area contributed by atoms with E-state index in [0.717, 1.165) is 0 Å². The summed E-state index contributed by atoms with van der Waals surface area (Å²) in [6, 6.07) is 24.2. The molecule has 3 aromatic rings. The fourth-order valence-electron chi connectivity index (χ4n) is 2.59. The molecule has 0 aliphatic carbocycles. The second-order valence-corrected chi connectivity index (χ2v) is 5.76. The fraction of sp³-hybridized carbons (Fsp3) is 0.143. The van der Waals surface area contributed by atoms with Crippen LogP contribution in [0.5, 0.6) is 0 Å². The summed E-state index contributed by atoms with van der Waals surface area (Å²) < 4.78 is 0. The van der Waals surface area contributed by atoms with Crippen molar-refractivity contribution in [2.75, 3.05) is 0 Å². The normalized spacial score (nSPS) is 10.6. The van der Waals surface area contributed by atoms with Crippen molar-refractivity contribution in [2.45, 2.75) is 20.8 Å². The predicted octanol–water partition coefficient (Wildman–Crippen LogP) is 5.95. The van der Waals surface area contributed by atoms with Crippen LogP contribution < -0.4 is 0 Å². The van der Waals surface area contributed by atoms with Gasteiger partial charge in [0.05, 0.1) is 0 Å². The molecule has 0 spiro atoms. The minimum Gasteiger partial charge on any atom is -0.0587 e. The molecule has 0 amide bonds. The van der Waals surface area contributed by atoms with Gasteiger partial charge in [0.1, 0.15) is 0 Å². The first-order chi connectivity index (χ1) is 10.1. The molecule has 0 aromatic heterocycles. The topological polar surface area (TPSA) is 0 Å². The number of aryl methyl sites for hydroxylation is 3. The Kier molecular flexibility index (Phi) is 3.62. The SMILES string of the molecule is Cc1ccc(-c2ccc(C)c(-c3ccc(C)cc3)c2)cc1. The molecule has 0 fully saturated rings. The summed E-state index contributed by atoms with van der Waals surface area (Å²) in [6.07, 6.45) is 0. The van der Waals surface area contributed by atoms with Gasteiger partial charge in [0.15, 0.2) is 0 Å². The Labute approximate surface area is 127 Å². The first-order valence-electron chi connectivity index (χ1n) is 7.38. The molecule has 3 rings (SSSR count). The second-order valence-electron chi connectivity index (χ2n) is 5.76. The van der Waals surface area contributed by atoms with Crippen LogP contribution in [0.3, 0.4) is 0 Å². The third kappa shape index (κ3) is 2.90. The molecular weight excluding hydrogens is 252 g/mol. The van der Waals surface area contributed by atoms with Crippen LogP contribution >= 0.6 is 0 Å². The Morgan fingerprint density at radius 2 is 0.952 bits per heavy atom. The van der Waals surface area contributed by atoms with E-state index >= 15 is 0 Å². The van der Waals surface area contributed by atoms with Crippen LogP contribution in [0, 0.1) is 20.8 Å². The summed E-state index contributed by atoms with van der Waals surface area (Å²) in [5.74, 6) is 0. The van der Waals surface area contributed by atoms with Crippen LogP contribution in [0.25, 0.3) is 22.3 Å². The van der Waals surface area contributed by atoms with Gasteiger partial charge in [-0.15, -0.1) is 0 Å². The van der Waals surface area contributed by atoms with Crippen LogP contribution in [0.2, 0.25) is 0 Å². The highest BCUT2D eigenvalue weighted by Crippen LogP contribution is 2.29. The van der Waals surface area contributed by atoms with Gasteiger partial charge in [0, 0.05) is 0 Å². The third-order valence-corrected chi connectivity index (χ3v) is 3.99. The van der Waals surface area contributed by atoms with E-state index < -0.39 is 0 Å². The highest BCUT2D eigenvalue weighted by molar-refractivity contribution is 5.75. The maximum absolute atomic E-state index is 2.30. The summed E-state index contributed by atoms with van der Waals surface area (Å²) in [5.41, 5.74) is 9.05. The highest BCUT2D eigenvalue weighted by atomic mass is 14.1. The molecule has 0 atom stereocenters. The van der Waals surface area contributed by atoms with Gasteiger partial charge in [0.2, 0.25) is 0 Å². The van der Waals surface area contributed by atoms with E-state index in [1.54, 1.807) is 0 Å². The van der Waals surface area contributed by atoms with Gasteiger partial charge >= 0.3 is 0 Å². The molecule has 0 heteroatoms. The van der Waals surface area contributed by atoms with Crippen molar-refractivity contribution in [3.8, 4) is 22.3 Å². The minimum absolute atomic E-state index is 1.27. The zero-order chi connectivity index (χ0) is 14.8. The van der Waals surface area contributed by atoms with Gasteiger partial charge in [-0.2, -0.15) is 0 Å². The van der Waals surface area contributed by atoms with Crippen molar-refractivity contribution in [1.29, 1.82) is 0 Å². The van der Waals surface area contributed by atoms with E-state index in [1.165, 1.54) is 38.9 Å². The summed E-state index contributed by atoms with van der Waals surface area (Å²) in [6.45, 7) is 6.42.